The van der Waals surface area contributed by atoms with Crippen LogP contribution in [0.15, 0.2) is 11.5 Å². The molecule has 4 rings (SSSR count). The SMILES string of the molecule is COC1OC2[C@@H](COP(C)(=S)OP(C)(=O)O)O[C@@H](n3cnc4c(N)nc(SC)nc43)[C@H]2O1. The first-order chi connectivity index (χ1) is 15.0. The molecule has 2 aromatic heterocycles. The van der Waals surface area contributed by atoms with Crippen LogP contribution >= 0.6 is 25.8 Å². The summed E-state index contributed by atoms with van der Waals surface area (Å²) in [5, 5.41) is 0.487. The van der Waals surface area contributed by atoms with Crippen molar-refractivity contribution in [2.45, 2.75) is 36.2 Å². The van der Waals surface area contributed by atoms with Gasteiger partial charge < -0.3 is 34.1 Å². The Morgan fingerprint density at radius 3 is 2.69 bits per heavy atom. The predicted octanol–water partition coefficient (Wildman–Crippen LogP) is 1.53. The van der Waals surface area contributed by atoms with Gasteiger partial charge >= 0.3 is 7.60 Å². The number of ether oxygens (including phenoxy) is 4. The van der Waals surface area contributed by atoms with Gasteiger partial charge in [0.25, 0.3) is 6.48 Å². The Kier molecular flexibility index (Phi) is 6.99. The Morgan fingerprint density at radius 1 is 1.31 bits per heavy atom. The zero-order valence-electron chi connectivity index (χ0n) is 17.6. The third kappa shape index (κ3) is 5.03. The van der Waals surface area contributed by atoms with E-state index in [1.54, 1.807) is 10.9 Å². The second kappa shape index (κ2) is 9.16. The van der Waals surface area contributed by atoms with E-state index in [4.69, 9.17) is 45.3 Å². The molecule has 2 aliphatic heterocycles. The van der Waals surface area contributed by atoms with Crippen LogP contribution in [-0.4, -0.2) is 82.5 Å². The molecule has 0 radical (unpaired) electrons. The maximum Gasteiger partial charge on any atom is 0.330 e. The number of nitrogen functional groups attached to an aromatic ring is 1. The molecule has 2 aromatic rings. The summed E-state index contributed by atoms with van der Waals surface area (Å²) in [6.45, 7) is -1.44. The molecule has 0 aromatic carbocycles. The number of fused-ring (bicyclic) bond motifs is 2. The van der Waals surface area contributed by atoms with Gasteiger partial charge in [-0.1, -0.05) is 11.8 Å². The minimum Gasteiger partial charge on any atom is -0.382 e. The van der Waals surface area contributed by atoms with Crippen LogP contribution in [0.5, 0.6) is 0 Å². The molecule has 13 nitrogen and oxygen atoms in total. The second-order valence-electron chi connectivity index (χ2n) is 7.16. The molecule has 0 spiro atoms. The molecule has 7 atom stereocenters. The number of aromatic nitrogens is 4. The molecule has 2 aliphatic rings. The lowest BCUT2D eigenvalue weighted by Crippen LogP contribution is -2.31. The number of hydrogen-bond donors (Lipinski definition) is 2. The topological polar surface area (TPSA) is 162 Å². The number of imidazole rings is 1. The van der Waals surface area contributed by atoms with Crippen molar-refractivity contribution < 1.29 is 37.2 Å². The van der Waals surface area contributed by atoms with Crippen LogP contribution in [0.4, 0.5) is 5.82 Å². The monoisotopic (exact) mass is 527 g/mol. The number of rotatable bonds is 8. The lowest BCUT2D eigenvalue weighted by molar-refractivity contribution is -0.256. The Hall–Kier alpha value is -0.700. The van der Waals surface area contributed by atoms with Crippen molar-refractivity contribution in [2.75, 3.05) is 39.0 Å². The molecule has 3 N–H and O–H groups in total. The highest BCUT2D eigenvalue weighted by molar-refractivity contribution is 8.11. The minimum absolute atomic E-state index is 0.0505. The van der Waals surface area contributed by atoms with E-state index in [1.165, 1.54) is 25.5 Å². The van der Waals surface area contributed by atoms with Gasteiger partial charge in [0.05, 0.1) is 12.9 Å². The molecular weight excluding hydrogens is 504 g/mol. The fraction of sp³-hybridized carbons (Fsp3) is 0.667. The van der Waals surface area contributed by atoms with Crippen LogP contribution < -0.4 is 5.73 Å². The minimum atomic E-state index is -3.81. The summed E-state index contributed by atoms with van der Waals surface area (Å²) in [4.78, 5) is 22.5. The Bertz CT molecular complexity index is 1100. The van der Waals surface area contributed by atoms with Crippen LogP contribution in [0.3, 0.4) is 0 Å². The molecule has 2 saturated heterocycles. The molecule has 0 aliphatic carbocycles. The average molecular weight is 527 g/mol. The summed E-state index contributed by atoms with van der Waals surface area (Å²) in [7, 11) is -2.36. The first-order valence-corrected chi connectivity index (χ1v) is 15.6. The third-order valence-electron chi connectivity index (χ3n) is 4.67. The van der Waals surface area contributed by atoms with Crippen LogP contribution in [0.1, 0.15) is 6.23 Å². The Balaban J connectivity index is 1.60. The van der Waals surface area contributed by atoms with Crippen molar-refractivity contribution in [2.24, 2.45) is 0 Å². The highest BCUT2D eigenvalue weighted by Gasteiger charge is 2.54. The predicted molar refractivity (Wildman–Crippen MR) is 119 cm³/mol. The molecule has 17 heteroatoms. The first kappa shape index (κ1) is 24.4. The van der Waals surface area contributed by atoms with Gasteiger partial charge in [-0.3, -0.25) is 13.4 Å². The lowest BCUT2D eigenvalue weighted by atomic mass is 10.1. The van der Waals surface area contributed by atoms with Crippen LogP contribution in [0.2, 0.25) is 0 Å². The smallest absolute Gasteiger partial charge is 0.330 e. The summed E-state index contributed by atoms with van der Waals surface area (Å²) >= 11 is 6.59. The number of methoxy groups -OCH3 is 1. The van der Waals surface area contributed by atoms with Crippen molar-refractivity contribution in [3.8, 4) is 0 Å². The average Bonchev–Trinajstić information content (AvgIpc) is 3.37. The summed E-state index contributed by atoms with van der Waals surface area (Å²) in [5.41, 5.74) is 6.94. The van der Waals surface area contributed by atoms with Crippen molar-refractivity contribution in [3.05, 3.63) is 6.33 Å². The molecule has 2 fully saturated rings. The van der Waals surface area contributed by atoms with Gasteiger partial charge in [-0.25, -0.2) is 15.0 Å². The summed E-state index contributed by atoms with van der Waals surface area (Å²) in [6.07, 6.45) is 0.911. The van der Waals surface area contributed by atoms with E-state index < -0.39 is 45.1 Å². The summed E-state index contributed by atoms with van der Waals surface area (Å²) in [6, 6.07) is 0. The van der Waals surface area contributed by atoms with Gasteiger partial charge in [0, 0.05) is 20.4 Å². The summed E-state index contributed by atoms with van der Waals surface area (Å²) in [5.74, 6) is 0.253. The highest BCUT2D eigenvalue weighted by atomic mass is 32.5. The molecule has 0 bridgehead atoms. The molecule has 0 saturated carbocycles. The molecular formula is C15H23N5O8P2S2. The maximum atomic E-state index is 11.6. The second-order valence-corrected chi connectivity index (χ2v) is 14.0. The van der Waals surface area contributed by atoms with E-state index in [0.29, 0.717) is 16.3 Å². The largest absolute Gasteiger partial charge is 0.382 e. The van der Waals surface area contributed by atoms with E-state index in [1.807, 2.05) is 6.26 Å². The lowest BCUT2D eigenvalue weighted by Gasteiger charge is -2.23. The van der Waals surface area contributed by atoms with Crippen LogP contribution in [-0.2, 0) is 44.2 Å². The van der Waals surface area contributed by atoms with Gasteiger partial charge in [0.15, 0.2) is 29.3 Å². The van der Waals surface area contributed by atoms with Crippen LogP contribution in [0, 0.1) is 0 Å². The van der Waals surface area contributed by atoms with Crippen molar-refractivity contribution in [1.29, 1.82) is 0 Å². The van der Waals surface area contributed by atoms with Gasteiger partial charge in [0.1, 0.15) is 23.8 Å². The summed E-state index contributed by atoms with van der Waals surface area (Å²) < 4.78 is 47.1. The maximum absolute atomic E-state index is 11.6. The standard InChI is InChI=1S/C15H23N5O8P2S2/c1-23-15-26-9-7(5-24-30(3,31)28-29(2,21)22)25-13(10(9)27-15)20-6-17-8-11(16)18-14(32-4)19-12(8)20/h6-7,9-10,13,15H,5H2,1-4H3,(H,21,22)(H2,16,18,19)/t7-,9?,10+,13-,15?,30?/m1/s1. The Labute approximate surface area is 193 Å². The molecule has 178 valence electrons. The van der Waals surface area contributed by atoms with E-state index >= 15 is 0 Å². The van der Waals surface area contributed by atoms with Crippen LogP contribution in [0.25, 0.3) is 11.2 Å². The number of thioether (sulfide) groups is 1. The quantitative estimate of drug-likeness (QED) is 0.289. The van der Waals surface area contributed by atoms with Gasteiger partial charge in [0.2, 0.25) is 0 Å². The highest BCUT2D eigenvalue weighted by Crippen LogP contribution is 2.58. The van der Waals surface area contributed by atoms with Gasteiger partial charge in [-0.15, -0.1) is 0 Å². The fourth-order valence-corrected chi connectivity index (χ4v) is 7.95. The normalized spacial score (nSPS) is 31.5. The van der Waals surface area contributed by atoms with Crippen molar-refractivity contribution in [3.63, 3.8) is 0 Å². The molecule has 0 amide bonds. The fourth-order valence-electron chi connectivity index (χ4n) is 3.48. The van der Waals surface area contributed by atoms with Crippen molar-refractivity contribution in [1.82, 2.24) is 19.5 Å². The van der Waals surface area contributed by atoms with E-state index in [0.717, 1.165) is 6.66 Å². The van der Waals surface area contributed by atoms with E-state index in [-0.39, 0.29) is 12.4 Å². The number of anilines is 1. The molecule has 32 heavy (non-hydrogen) atoms. The van der Waals surface area contributed by atoms with Gasteiger partial charge in [-0.05, 0) is 18.1 Å². The Morgan fingerprint density at radius 2 is 2.03 bits per heavy atom. The molecule has 4 heterocycles. The molecule has 4 unspecified atom stereocenters. The zero-order valence-corrected chi connectivity index (χ0v) is 21.0. The zero-order chi connectivity index (χ0) is 23.3. The van der Waals surface area contributed by atoms with E-state index in [2.05, 4.69) is 15.0 Å². The van der Waals surface area contributed by atoms with Crippen molar-refractivity contribution >= 4 is 54.6 Å². The number of nitrogens with two attached hydrogens (primary N) is 1. The van der Waals surface area contributed by atoms with Gasteiger partial charge in [-0.2, -0.15) is 0 Å². The third-order valence-corrected chi connectivity index (χ3v) is 9.15. The van der Waals surface area contributed by atoms with E-state index in [9.17, 15) is 9.46 Å². The first-order valence-electron chi connectivity index (χ1n) is 9.28. The number of nitrogens with zero attached hydrogens (tertiary/aromatic N) is 4. The number of hydrogen-bond acceptors (Lipinski definition) is 13.